The van der Waals surface area contributed by atoms with Crippen molar-refractivity contribution in [3.63, 3.8) is 0 Å². The number of fused-ring (bicyclic) bond motifs is 1. The molecule has 0 aromatic carbocycles. The molecular formula is C15H27ClN2O. The Hall–Kier alpha value is -0.280. The average Bonchev–Trinajstić information content (AvgIpc) is 2.75. The lowest BCUT2D eigenvalue weighted by molar-refractivity contribution is -0.139. The highest BCUT2D eigenvalue weighted by molar-refractivity contribution is 5.85. The van der Waals surface area contributed by atoms with Crippen molar-refractivity contribution in [3.05, 3.63) is 0 Å². The largest absolute Gasteiger partial charge is 0.336 e. The molecule has 2 heterocycles. The number of nitrogens with one attached hydrogen (secondary N) is 1. The first-order chi connectivity index (χ1) is 8.77. The lowest BCUT2D eigenvalue weighted by Gasteiger charge is -2.36. The molecule has 0 bridgehead atoms. The predicted molar refractivity (Wildman–Crippen MR) is 79.5 cm³/mol. The van der Waals surface area contributed by atoms with Gasteiger partial charge in [-0.3, -0.25) is 4.79 Å². The van der Waals surface area contributed by atoms with Crippen LogP contribution in [0.5, 0.6) is 0 Å². The standard InChI is InChI=1S/C15H26N2O.ClH/c1-11-10-13-4-2-3-5-14(13)17(11)15(18)12-6-8-16-9-7-12;/h11-14,16H,2-10H2,1H3;1H. The Morgan fingerprint density at radius 1 is 1.11 bits per heavy atom. The molecule has 3 fully saturated rings. The first-order valence-electron chi connectivity index (χ1n) is 7.80. The normalized spacial score (nSPS) is 35.6. The van der Waals surface area contributed by atoms with Crippen LogP contribution in [0.1, 0.15) is 51.9 Å². The van der Waals surface area contributed by atoms with Gasteiger partial charge in [-0.05, 0) is 58.0 Å². The summed E-state index contributed by atoms with van der Waals surface area (Å²) < 4.78 is 0. The van der Waals surface area contributed by atoms with E-state index < -0.39 is 0 Å². The Labute approximate surface area is 122 Å². The summed E-state index contributed by atoms with van der Waals surface area (Å²) in [6.45, 7) is 4.30. The van der Waals surface area contributed by atoms with Crippen molar-refractivity contribution < 1.29 is 4.79 Å². The van der Waals surface area contributed by atoms with Crippen LogP contribution in [0, 0.1) is 11.8 Å². The van der Waals surface area contributed by atoms with Gasteiger partial charge in [0.2, 0.25) is 5.91 Å². The van der Waals surface area contributed by atoms with Crippen molar-refractivity contribution in [2.24, 2.45) is 11.8 Å². The van der Waals surface area contributed by atoms with Crippen LogP contribution in [0.3, 0.4) is 0 Å². The van der Waals surface area contributed by atoms with Crippen LogP contribution in [-0.4, -0.2) is 36.0 Å². The minimum absolute atomic E-state index is 0. The van der Waals surface area contributed by atoms with Crippen LogP contribution in [0.4, 0.5) is 0 Å². The van der Waals surface area contributed by atoms with E-state index in [0.717, 1.165) is 31.8 Å². The van der Waals surface area contributed by atoms with Crippen molar-refractivity contribution in [2.75, 3.05) is 13.1 Å². The molecule has 0 radical (unpaired) electrons. The molecule has 1 aliphatic carbocycles. The van der Waals surface area contributed by atoms with Gasteiger partial charge >= 0.3 is 0 Å². The fourth-order valence-corrected chi connectivity index (χ4v) is 4.37. The monoisotopic (exact) mass is 286 g/mol. The maximum Gasteiger partial charge on any atom is 0.226 e. The van der Waals surface area contributed by atoms with Crippen LogP contribution in [0.2, 0.25) is 0 Å². The van der Waals surface area contributed by atoms with Crippen molar-refractivity contribution in [3.8, 4) is 0 Å². The lowest BCUT2D eigenvalue weighted by atomic mass is 9.84. The maximum atomic E-state index is 12.8. The van der Waals surface area contributed by atoms with Gasteiger partial charge in [0.05, 0.1) is 0 Å². The number of rotatable bonds is 1. The first-order valence-corrected chi connectivity index (χ1v) is 7.80. The second kappa shape index (κ2) is 6.45. The summed E-state index contributed by atoms with van der Waals surface area (Å²) in [5, 5.41) is 3.36. The van der Waals surface area contributed by atoms with Gasteiger partial charge < -0.3 is 10.2 Å². The molecule has 19 heavy (non-hydrogen) atoms. The quantitative estimate of drug-likeness (QED) is 0.804. The third kappa shape index (κ3) is 2.92. The molecule has 3 nitrogen and oxygen atoms in total. The van der Waals surface area contributed by atoms with Crippen LogP contribution in [0.25, 0.3) is 0 Å². The zero-order valence-corrected chi connectivity index (χ0v) is 12.8. The number of piperidine rings is 1. The van der Waals surface area contributed by atoms with Gasteiger partial charge in [0.25, 0.3) is 0 Å². The van der Waals surface area contributed by atoms with Gasteiger partial charge in [-0.15, -0.1) is 12.4 Å². The summed E-state index contributed by atoms with van der Waals surface area (Å²) in [4.78, 5) is 15.1. The van der Waals surface area contributed by atoms with Gasteiger partial charge in [-0.25, -0.2) is 0 Å². The minimum Gasteiger partial charge on any atom is -0.336 e. The Kier molecular flexibility index (Phi) is 5.13. The number of halogens is 1. The lowest BCUT2D eigenvalue weighted by Crippen LogP contribution is -2.47. The summed E-state index contributed by atoms with van der Waals surface area (Å²) in [7, 11) is 0. The van der Waals surface area contributed by atoms with E-state index in [1.165, 1.54) is 32.1 Å². The molecule has 2 aliphatic heterocycles. The van der Waals surface area contributed by atoms with Crippen molar-refractivity contribution in [1.82, 2.24) is 10.2 Å². The summed E-state index contributed by atoms with van der Waals surface area (Å²) >= 11 is 0. The zero-order chi connectivity index (χ0) is 12.5. The predicted octanol–water partition coefficient (Wildman–Crippen LogP) is 2.59. The van der Waals surface area contributed by atoms with Crippen LogP contribution in [0.15, 0.2) is 0 Å². The molecule has 1 N–H and O–H groups in total. The van der Waals surface area contributed by atoms with Crippen LogP contribution >= 0.6 is 12.4 Å². The maximum absolute atomic E-state index is 12.8. The smallest absolute Gasteiger partial charge is 0.226 e. The van der Waals surface area contributed by atoms with E-state index in [4.69, 9.17) is 0 Å². The van der Waals surface area contributed by atoms with Crippen LogP contribution in [-0.2, 0) is 4.79 Å². The highest BCUT2D eigenvalue weighted by atomic mass is 35.5. The number of amides is 1. The molecule has 0 aromatic heterocycles. The van der Waals surface area contributed by atoms with E-state index in [2.05, 4.69) is 17.1 Å². The summed E-state index contributed by atoms with van der Waals surface area (Å²) in [6, 6.07) is 1.07. The number of likely N-dealkylation sites (tertiary alicyclic amines) is 1. The Balaban J connectivity index is 0.00000133. The highest BCUT2D eigenvalue weighted by Gasteiger charge is 2.44. The first kappa shape index (κ1) is 15.1. The molecule has 3 atom stereocenters. The molecule has 1 saturated carbocycles. The van der Waals surface area contributed by atoms with E-state index >= 15 is 0 Å². The van der Waals surface area contributed by atoms with Crippen molar-refractivity contribution >= 4 is 18.3 Å². The number of hydrogen-bond donors (Lipinski definition) is 1. The molecule has 0 aromatic rings. The van der Waals surface area contributed by atoms with Gasteiger partial charge in [0, 0.05) is 18.0 Å². The molecule has 2 saturated heterocycles. The summed E-state index contributed by atoms with van der Waals surface area (Å²) in [5.74, 6) is 1.58. The van der Waals surface area contributed by atoms with Gasteiger partial charge in [-0.1, -0.05) is 12.8 Å². The molecule has 3 rings (SSSR count). The number of carbonyl (C=O) groups is 1. The summed E-state index contributed by atoms with van der Waals surface area (Å²) in [5.41, 5.74) is 0. The third-order valence-electron chi connectivity index (χ3n) is 5.29. The number of nitrogens with zero attached hydrogens (tertiary/aromatic N) is 1. The zero-order valence-electron chi connectivity index (χ0n) is 11.9. The number of carbonyl (C=O) groups excluding carboxylic acids is 1. The van der Waals surface area contributed by atoms with Crippen molar-refractivity contribution in [1.29, 1.82) is 0 Å². The van der Waals surface area contributed by atoms with Gasteiger partial charge in [-0.2, -0.15) is 0 Å². The molecule has 4 heteroatoms. The van der Waals surface area contributed by atoms with E-state index in [1.54, 1.807) is 0 Å². The van der Waals surface area contributed by atoms with E-state index in [9.17, 15) is 4.79 Å². The van der Waals surface area contributed by atoms with Crippen LogP contribution < -0.4 is 5.32 Å². The summed E-state index contributed by atoms with van der Waals surface area (Å²) in [6.07, 6.45) is 8.64. The molecular weight excluding hydrogens is 260 g/mol. The molecule has 110 valence electrons. The second-order valence-electron chi connectivity index (χ2n) is 6.47. The fraction of sp³-hybridized carbons (Fsp3) is 0.933. The molecule has 1 amide bonds. The van der Waals surface area contributed by atoms with E-state index in [1.807, 2.05) is 0 Å². The van der Waals surface area contributed by atoms with Gasteiger partial charge in [0.15, 0.2) is 0 Å². The highest BCUT2D eigenvalue weighted by Crippen LogP contribution is 2.40. The second-order valence-corrected chi connectivity index (χ2v) is 6.47. The minimum atomic E-state index is 0. The van der Waals surface area contributed by atoms with E-state index in [0.29, 0.717) is 23.9 Å². The molecule has 3 aliphatic rings. The fourth-order valence-electron chi connectivity index (χ4n) is 4.37. The number of hydrogen-bond acceptors (Lipinski definition) is 2. The molecule has 0 spiro atoms. The third-order valence-corrected chi connectivity index (χ3v) is 5.29. The Morgan fingerprint density at radius 2 is 1.79 bits per heavy atom. The Morgan fingerprint density at radius 3 is 2.53 bits per heavy atom. The average molecular weight is 287 g/mol. The van der Waals surface area contributed by atoms with E-state index in [-0.39, 0.29) is 12.4 Å². The van der Waals surface area contributed by atoms with Crippen molar-refractivity contribution in [2.45, 2.75) is 64.0 Å². The topological polar surface area (TPSA) is 32.3 Å². The molecule has 3 unspecified atom stereocenters. The SMILES string of the molecule is CC1CC2CCCCC2N1C(=O)C1CCNCC1.Cl. The van der Waals surface area contributed by atoms with Gasteiger partial charge in [0.1, 0.15) is 0 Å². The Bertz CT molecular complexity index is 317.